The summed E-state index contributed by atoms with van der Waals surface area (Å²) in [4.78, 5) is 16.6. The maximum atomic E-state index is 12.3. The summed E-state index contributed by atoms with van der Waals surface area (Å²) < 4.78 is 8.69. The molecule has 7 heteroatoms. The van der Waals surface area contributed by atoms with E-state index in [0.29, 0.717) is 22.7 Å². The molecule has 2 N–H and O–H groups in total. The molecule has 0 aliphatic rings. The molecule has 0 saturated heterocycles. The van der Waals surface area contributed by atoms with E-state index in [1.54, 1.807) is 42.9 Å². The van der Waals surface area contributed by atoms with Gasteiger partial charge in [-0.3, -0.25) is 4.79 Å². The fraction of sp³-hybridized carbons (Fsp3) is 0.0714. The lowest BCUT2D eigenvalue weighted by Crippen LogP contribution is -2.21. The Morgan fingerprint density at radius 2 is 2.14 bits per heavy atom. The van der Waals surface area contributed by atoms with Gasteiger partial charge in [-0.2, -0.15) is 5.10 Å². The van der Waals surface area contributed by atoms with Crippen LogP contribution in [0.2, 0.25) is 0 Å². The molecule has 0 aliphatic carbocycles. The van der Waals surface area contributed by atoms with E-state index >= 15 is 0 Å². The van der Waals surface area contributed by atoms with Crippen molar-refractivity contribution in [1.82, 2.24) is 19.2 Å². The Morgan fingerprint density at radius 1 is 1.24 bits per heavy atom. The molecule has 0 aliphatic heterocycles. The van der Waals surface area contributed by atoms with Crippen molar-refractivity contribution < 1.29 is 4.42 Å². The van der Waals surface area contributed by atoms with Gasteiger partial charge in [-0.05, 0) is 18.2 Å². The smallest absolute Gasteiger partial charge is 0.277 e. The average molecular weight is 281 g/mol. The van der Waals surface area contributed by atoms with Crippen LogP contribution in [0, 0.1) is 0 Å². The molecule has 1 aromatic carbocycles. The van der Waals surface area contributed by atoms with Crippen molar-refractivity contribution in [2.24, 2.45) is 0 Å². The third-order valence-electron chi connectivity index (χ3n) is 3.30. The Morgan fingerprint density at radius 3 is 3.05 bits per heavy atom. The molecule has 4 aromatic rings. The van der Waals surface area contributed by atoms with Crippen LogP contribution in [-0.4, -0.2) is 19.2 Å². The standard InChI is InChI=1S/C14H11N5O2/c15-9-1-2-10-12(7-9)21-13(17-10)8-18-5-6-19-11(14(18)20)3-4-16-19/h1-7H,8,15H2. The van der Waals surface area contributed by atoms with Crippen molar-refractivity contribution in [3.63, 3.8) is 0 Å². The van der Waals surface area contributed by atoms with Gasteiger partial charge in [0, 0.05) is 24.1 Å². The lowest BCUT2D eigenvalue weighted by Gasteiger charge is -2.02. The Hall–Kier alpha value is -3.09. The van der Waals surface area contributed by atoms with E-state index in [-0.39, 0.29) is 12.1 Å². The molecule has 3 heterocycles. The van der Waals surface area contributed by atoms with Gasteiger partial charge >= 0.3 is 0 Å². The molecule has 0 fully saturated rings. The van der Waals surface area contributed by atoms with Crippen molar-refractivity contribution in [3.05, 3.63) is 59.1 Å². The first-order chi connectivity index (χ1) is 10.2. The third-order valence-corrected chi connectivity index (χ3v) is 3.30. The second-order valence-electron chi connectivity index (χ2n) is 4.73. The highest BCUT2D eigenvalue weighted by Crippen LogP contribution is 2.18. The van der Waals surface area contributed by atoms with Crippen LogP contribution in [-0.2, 0) is 6.54 Å². The summed E-state index contributed by atoms with van der Waals surface area (Å²) in [7, 11) is 0. The maximum Gasteiger partial charge on any atom is 0.277 e. The number of anilines is 1. The number of nitrogen functional groups attached to an aromatic ring is 1. The van der Waals surface area contributed by atoms with Gasteiger partial charge < -0.3 is 14.7 Å². The largest absolute Gasteiger partial charge is 0.439 e. The molecule has 0 bridgehead atoms. The summed E-state index contributed by atoms with van der Waals surface area (Å²) in [6, 6.07) is 6.94. The van der Waals surface area contributed by atoms with E-state index < -0.39 is 0 Å². The summed E-state index contributed by atoms with van der Waals surface area (Å²) in [5, 5.41) is 4.02. The number of aromatic nitrogens is 4. The first kappa shape index (κ1) is 11.7. The number of rotatable bonds is 2. The van der Waals surface area contributed by atoms with Crippen LogP contribution in [0.15, 0.2) is 52.1 Å². The van der Waals surface area contributed by atoms with Gasteiger partial charge in [-0.25, -0.2) is 9.50 Å². The summed E-state index contributed by atoms with van der Waals surface area (Å²) in [5.41, 5.74) is 8.03. The highest BCUT2D eigenvalue weighted by Gasteiger charge is 2.09. The van der Waals surface area contributed by atoms with Crippen LogP contribution >= 0.6 is 0 Å². The predicted molar refractivity (Wildman–Crippen MR) is 77.0 cm³/mol. The first-order valence-corrected chi connectivity index (χ1v) is 6.38. The monoisotopic (exact) mass is 281 g/mol. The van der Waals surface area contributed by atoms with E-state index in [2.05, 4.69) is 10.1 Å². The number of benzene rings is 1. The van der Waals surface area contributed by atoms with Crippen molar-refractivity contribution >= 4 is 22.3 Å². The maximum absolute atomic E-state index is 12.3. The molecule has 21 heavy (non-hydrogen) atoms. The van der Waals surface area contributed by atoms with Crippen LogP contribution in [0.5, 0.6) is 0 Å². The van der Waals surface area contributed by atoms with E-state index in [4.69, 9.17) is 10.2 Å². The molecule has 7 nitrogen and oxygen atoms in total. The summed E-state index contributed by atoms with van der Waals surface area (Å²) in [5.74, 6) is 0.460. The predicted octanol–water partition coefficient (Wildman–Crippen LogP) is 1.27. The zero-order valence-electron chi connectivity index (χ0n) is 10.9. The van der Waals surface area contributed by atoms with Gasteiger partial charge in [0.1, 0.15) is 17.6 Å². The quantitative estimate of drug-likeness (QED) is 0.559. The molecule has 0 saturated carbocycles. The zero-order valence-corrected chi connectivity index (χ0v) is 10.9. The van der Waals surface area contributed by atoms with Crippen LogP contribution in [0.1, 0.15) is 5.89 Å². The molecule has 4 rings (SSSR count). The number of hydrogen-bond acceptors (Lipinski definition) is 5. The van der Waals surface area contributed by atoms with Crippen LogP contribution in [0.25, 0.3) is 16.6 Å². The highest BCUT2D eigenvalue weighted by atomic mass is 16.3. The molecule has 3 aromatic heterocycles. The van der Waals surface area contributed by atoms with Gasteiger partial charge in [-0.1, -0.05) is 0 Å². The van der Waals surface area contributed by atoms with Crippen LogP contribution in [0.3, 0.4) is 0 Å². The highest BCUT2D eigenvalue weighted by molar-refractivity contribution is 5.76. The topological polar surface area (TPSA) is 91.4 Å². The normalized spacial score (nSPS) is 11.4. The minimum absolute atomic E-state index is 0.142. The SMILES string of the molecule is Nc1ccc2nc(Cn3ccn4nccc4c3=O)oc2c1. The van der Waals surface area contributed by atoms with Crippen LogP contribution in [0.4, 0.5) is 5.69 Å². The molecular formula is C14H11N5O2. The van der Waals surface area contributed by atoms with Crippen molar-refractivity contribution in [3.8, 4) is 0 Å². The number of hydrogen-bond donors (Lipinski definition) is 1. The number of nitrogens with two attached hydrogens (primary N) is 1. The van der Waals surface area contributed by atoms with Gasteiger partial charge in [-0.15, -0.1) is 0 Å². The second kappa shape index (κ2) is 4.20. The Balaban J connectivity index is 1.78. The summed E-state index contributed by atoms with van der Waals surface area (Å²) in [6.07, 6.45) is 4.96. The summed E-state index contributed by atoms with van der Waals surface area (Å²) >= 11 is 0. The summed E-state index contributed by atoms with van der Waals surface area (Å²) in [6.45, 7) is 0.259. The second-order valence-corrected chi connectivity index (χ2v) is 4.73. The van der Waals surface area contributed by atoms with Gasteiger partial charge in [0.2, 0.25) is 5.89 Å². The van der Waals surface area contributed by atoms with Crippen LogP contribution < -0.4 is 11.3 Å². The van der Waals surface area contributed by atoms with E-state index in [1.807, 2.05) is 0 Å². The molecular weight excluding hydrogens is 270 g/mol. The molecule has 104 valence electrons. The van der Waals surface area contributed by atoms with Gasteiger partial charge in [0.15, 0.2) is 5.58 Å². The van der Waals surface area contributed by atoms with Crippen molar-refractivity contribution in [2.75, 3.05) is 5.73 Å². The van der Waals surface area contributed by atoms with Crippen molar-refractivity contribution in [1.29, 1.82) is 0 Å². The number of fused-ring (bicyclic) bond motifs is 2. The first-order valence-electron chi connectivity index (χ1n) is 6.38. The molecule has 0 radical (unpaired) electrons. The molecule has 0 spiro atoms. The fourth-order valence-electron chi connectivity index (χ4n) is 2.29. The van der Waals surface area contributed by atoms with Gasteiger partial charge in [0.25, 0.3) is 5.56 Å². The minimum Gasteiger partial charge on any atom is -0.439 e. The average Bonchev–Trinajstić information content (AvgIpc) is 3.07. The zero-order chi connectivity index (χ0) is 14.4. The number of oxazole rings is 1. The Labute approximate surface area is 118 Å². The lowest BCUT2D eigenvalue weighted by atomic mass is 10.3. The van der Waals surface area contributed by atoms with E-state index in [0.717, 1.165) is 5.52 Å². The number of nitrogens with zero attached hydrogens (tertiary/aromatic N) is 4. The van der Waals surface area contributed by atoms with E-state index in [1.165, 1.54) is 9.08 Å². The van der Waals surface area contributed by atoms with Crippen molar-refractivity contribution in [2.45, 2.75) is 6.54 Å². The Kier molecular flexibility index (Phi) is 2.34. The molecule has 0 unspecified atom stereocenters. The van der Waals surface area contributed by atoms with Gasteiger partial charge in [0.05, 0.1) is 6.20 Å². The molecule has 0 atom stereocenters. The Bertz CT molecular complexity index is 1010. The third kappa shape index (κ3) is 1.86. The minimum atomic E-state index is -0.142. The molecule has 0 amide bonds. The fourth-order valence-corrected chi connectivity index (χ4v) is 2.29. The lowest BCUT2D eigenvalue weighted by molar-refractivity contribution is 0.504. The van der Waals surface area contributed by atoms with E-state index in [9.17, 15) is 4.79 Å².